The molecule has 0 aromatic carbocycles. The van der Waals surface area contributed by atoms with Crippen molar-refractivity contribution in [1.29, 1.82) is 0 Å². The topological polar surface area (TPSA) is 65.5 Å². The molecule has 0 bridgehead atoms. The molecule has 0 amide bonds. The van der Waals surface area contributed by atoms with E-state index in [-0.39, 0.29) is 30.2 Å². The Bertz CT molecular complexity index is 627. The molecule has 2 rings (SSSR count). The fraction of sp³-hybridized carbons (Fsp3) is 0.667. The highest BCUT2D eigenvalue weighted by Crippen LogP contribution is 2.28. The first kappa shape index (κ1) is 21.1. The lowest BCUT2D eigenvalue weighted by molar-refractivity contribution is 0.356. The van der Waals surface area contributed by atoms with E-state index in [0.717, 1.165) is 0 Å². The van der Waals surface area contributed by atoms with Gasteiger partial charge < -0.3 is 4.90 Å². The summed E-state index contributed by atoms with van der Waals surface area (Å²) in [6.45, 7) is 7.59. The van der Waals surface area contributed by atoms with Crippen LogP contribution in [0.3, 0.4) is 0 Å². The van der Waals surface area contributed by atoms with Gasteiger partial charge in [0.15, 0.2) is 0 Å². The Morgan fingerprint density at radius 2 is 2.08 bits per heavy atom. The lowest BCUT2D eigenvalue weighted by Gasteiger charge is -2.25. The molecule has 0 radical (unpaired) electrons. The van der Waals surface area contributed by atoms with Gasteiger partial charge in [-0.05, 0) is 24.0 Å². The summed E-state index contributed by atoms with van der Waals surface area (Å²) in [5, 5.41) is 0. The zero-order valence-corrected chi connectivity index (χ0v) is 16.1. The summed E-state index contributed by atoms with van der Waals surface area (Å²) < 4.78 is 41.7. The van der Waals surface area contributed by atoms with E-state index < -0.39 is 10.2 Å². The molecule has 0 spiro atoms. The Labute approximate surface area is 150 Å². The van der Waals surface area contributed by atoms with Gasteiger partial charge >= 0.3 is 0 Å². The van der Waals surface area contributed by atoms with Crippen molar-refractivity contribution in [2.24, 2.45) is 11.8 Å². The summed E-state index contributed by atoms with van der Waals surface area (Å²) >= 11 is 0. The first-order chi connectivity index (χ1) is 10.7. The molecule has 1 aromatic heterocycles. The van der Waals surface area contributed by atoms with Gasteiger partial charge in [-0.1, -0.05) is 20.8 Å². The average molecular weight is 381 g/mol. The van der Waals surface area contributed by atoms with Gasteiger partial charge in [0.2, 0.25) is 0 Å². The van der Waals surface area contributed by atoms with E-state index in [1.165, 1.54) is 16.6 Å². The molecule has 2 heterocycles. The van der Waals surface area contributed by atoms with Gasteiger partial charge in [-0.2, -0.15) is 17.4 Å². The number of nitrogens with zero attached hydrogens (tertiary/aromatic N) is 3. The maximum absolute atomic E-state index is 13.0. The first-order valence-electron chi connectivity index (χ1n) is 7.84. The van der Waals surface area contributed by atoms with Crippen molar-refractivity contribution in [3.8, 4) is 0 Å². The molecule has 1 saturated heterocycles. The summed E-state index contributed by atoms with van der Waals surface area (Å²) in [4.78, 5) is 6.10. The maximum atomic E-state index is 13.0. The maximum Gasteiger partial charge on any atom is 0.279 e. The van der Waals surface area contributed by atoms with Crippen molar-refractivity contribution >= 4 is 28.4 Å². The van der Waals surface area contributed by atoms with Gasteiger partial charge in [-0.3, -0.25) is 0 Å². The molecule has 1 N–H and O–H groups in total. The predicted octanol–water partition coefficient (Wildman–Crippen LogP) is 1.89. The second-order valence-corrected chi connectivity index (χ2v) is 8.10. The molecule has 24 heavy (non-hydrogen) atoms. The van der Waals surface area contributed by atoms with Crippen LogP contribution in [0.2, 0.25) is 0 Å². The Kier molecular flexibility index (Phi) is 7.40. The molecule has 1 aliphatic heterocycles. The molecule has 2 atom stereocenters. The third kappa shape index (κ3) is 4.78. The monoisotopic (exact) mass is 380 g/mol. The Morgan fingerprint density at radius 3 is 2.58 bits per heavy atom. The SMILES string of the molecule is CCN(C)S(=O)(=O)N[C@H]1CN(c2ccc(F)cn2)C[C@@H]1C(C)C.Cl. The molecule has 1 fully saturated rings. The molecular weight excluding hydrogens is 355 g/mol. The highest BCUT2D eigenvalue weighted by Gasteiger charge is 2.38. The lowest BCUT2D eigenvalue weighted by atomic mass is 9.92. The summed E-state index contributed by atoms with van der Waals surface area (Å²) in [6.07, 6.45) is 1.18. The summed E-state index contributed by atoms with van der Waals surface area (Å²) in [6, 6.07) is 2.80. The van der Waals surface area contributed by atoms with E-state index in [1.54, 1.807) is 20.0 Å². The van der Waals surface area contributed by atoms with E-state index in [1.807, 2.05) is 4.90 Å². The molecular formula is C15H26ClFN4O2S. The van der Waals surface area contributed by atoms with Gasteiger partial charge in [0, 0.05) is 32.7 Å². The van der Waals surface area contributed by atoms with Gasteiger partial charge in [-0.15, -0.1) is 12.4 Å². The van der Waals surface area contributed by atoms with Crippen molar-refractivity contribution in [3.63, 3.8) is 0 Å². The van der Waals surface area contributed by atoms with E-state index in [0.29, 0.717) is 31.4 Å². The molecule has 1 aliphatic rings. The number of hydrogen-bond donors (Lipinski definition) is 1. The van der Waals surface area contributed by atoms with Gasteiger partial charge in [0.25, 0.3) is 10.2 Å². The van der Waals surface area contributed by atoms with Crippen molar-refractivity contribution in [2.75, 3.05) is 31.6 Å². The van der Waals surface area contributed by atoms with Crippen molar-refractivity contribution in [2.45, 2.75) is 26.8 Å². The minimum absolute atomic E-state index is 0. The number of pyridine rings is 1. The fourth-order valence-corrected chi connectivity index (χ4v) is 3.97. The highest BCUT2D eigenvalue weighted by atomic mass is 35.5. The molecule has 0 unspecified atom stereocenters. The van der Waals surface area contributed by atoms with Crippen molar-refractivity contribution in [1.82, 2.24) is 14.0 Å². The Balaban J connectivity index is 0.00000288. The molecule has 0 saturated carbocycles. The van der Waals surface area contributed by atoms with E-state index >= 15 is 0 Å². The van der Waals surface area contributed by atoms with Crippen LogP contribution in [0.4, 0.5) is 10.2 Å². The van der Waals surface area contributed by atoms with E-state index in [2.05, 4.69) is 23.6 Å². The van der Waals surface area contributed by atoms with Crippen LogP contribution in [0.1, 0.15) is 20.8 Å². The molecule has 1 aromatic rings. The standard InChI is InChI=1S/C15H25FN4O2S.ClH/c1-5-19(4)23(21,22)18-14-10-20(9-13(14)11(2)3)15-7-6-12(16)8-17-15;/h6-8,11,13-14,18H,5,9-10H2,1-4H3;1H/t13-,14+;/m1./s1. The number of halogens is 2. The third-order valence-electron chi connectivity index (χ3n) is 4.41. The van der Waals surface area contributed by atoms with Gasteiger partial charge in [0.1, 0.15) is 11.6 Å². The number of hydrogen-bond acceptors (Lipinski definition) is 4. The first-order valence-corrected chi connectivity index (χ1v) is 9.28. The molecule has 6 nitrogen and oxygen atoms in total. The molecule has 9 heteroatoms. The van der Waals surface area contributed by atoms with Crippen LogP contribution in [-0.2, 0) is 10.2 Å². The van der Waals surface area contributed by atoms with E-state index in [4.69, 9.17) is 0 Å². The van der Waals surface area contributed by atoms with E-state index in [9.17, 15) is 12.8 Å². The quantitative estimate of drug-likeness (QED) is 0.818. The average Bonchev–Trinajstić information content (AvgIpc) is 2.90. The minimum atomic E-state index is -3.50. The molecule has 0 aliphatic carbocycles. The smallest absolute Gasteiger partial charge is 0.279 e. The van der Waals surface area contributed by atoms with Crippen LogP contribution >= 0.6 is 12.4 Å². The predicted molar refractivity (Wildman–Crippen MR) is 96.1 cm³/mol. The fourth-order valence-electron chi connectivity index (χ4n) is 2.82. The van der Waals surface area contributed by atoms with Crippen LogP contribution < -0.4 is 9.62 Å². The summed E-state index contributed by atoms with van der Waals surface area (Å²) in [7, 11) is -1.94. The van der Waals surface area contributed by atoms with Crippen LogP contribution in [0.5, 0.6) is 0 Å². The second kappa shape index (κ2) is 8.42. The normalized spacial score (nSPS) is 21.4. The largest absolute Gasteiger partial charge is 0.355 e. The Morgan fingerprint density at radius 1 is 1.42 bits per heavy atom. The van der Waals surface area contributed by atoms with Crippen molar-refractivity contribution < 1.29 is 12.8 Å². The summed E-state index contributed by atoms with van der Waals surface area (Å²) in [5.41, 5.74) is 0. The van der Waals surface area contributed by atoms with Crippen molar-refractivity contribution in [3.05, 3.63) is 24.1 Å². The van der Waals surface area contributed by atoms with Gasteiger partial charge in [0.05, 0.1) is 6.20 Å². The molecule has 138 valence electrons. The second-order valence-electron chi connectivity index (χ2n) is 6.29. The number of anilines is 1. The number of nitrogens with one attached hydrogen (secondary N) is 1. The number of aromatic nitrogens is 1. The van der Waals surface area contributed by atoms with Crippen LogP contribution in [0.15, 0.2) is 18.3 Å². The lowest BCUT2D eigenvalue weighted by Crippen LogP contribution is -2.47. The van der Waals surface area contributed by atoms with Crippen LogP contribution in [0.25, 0.3) is 0 Å². The highest BCUT2D eigenvalue weighted by molar-refractivity contribution is 7.87. The third-order valence-corrected chi connectivity index (χ3v) is 6.09. The minimum Gasteiger partial charge on any atom is -0.355 e. The van der Waals surface area contributed by atoms with Crippen LogP contribution in [-0.4, -0.2) is 50.4 Å². The Hall–Kier alpha value is -0.960. The van der Waals surface area contributed by atoms with Crippen LogP contribution in [0, 0.1) is 17.7 Å². The summed E-state index contributed by atoms with van der Waals surface area (Å²) in [5.74, 6) is 0.778. The number of rotatable bonds is 6. The zero-order chi connectivity index (χ0) is 17.2. The zero-order valence-electron chi connectivity index (χ0n) is 14.4. The van der Waals surface area contributed by atoms with Gasteiger partial charge in [-0.25, -0.2) is 9.37 Å².